The molecule has 68 valence electrons. The second-order valence-electron chi connectivity index (χ2n) is 4.24. The molecule has 2 heterocycles. The van der Waals surface area contributed by atoms with Crippen molar-refractivity contribution in [3.63, 3.8) is 0 Å². The molecule has 3 atom stereocenters. The molecule has 0 aromatic heterocycles. The fourth-order valence-electron chi connectivity index (χ4n) is 2.60. The molecule has 2 heteroatoms. The number of fused-ring (bicyclic) bond motifs is 1. The molecule has 0 aromatic rings. The summed E-state index contributed by atoms with van der Waals surface area (Å²) < 4.78 is 0. The summed E-state index contributed by atoms with van der Waals surface area (Å²) in [5.74, 6) is 1.25. The maximum Gasteiger partial charge on any atom is 0.226 e. The lowest BCUT2D eigenvalue weighted by Crippen LogP contribution is -2.38. The Labute approximate surface area is 73.9 Å². The Bertz CT molecular complexity index is 202. The summed E-state index contributed by atoms with van der Waals surface area (Å²) in [4.78, 5) is 13.8. The van der Waals surface area contributed by atoms with E-state index in [0.29, 0.717) is 17.9 Å². The van der Waals surface area contributed by atoms with Gasteiger partial charge in [0.2, 0.25) is 5.91 Å². The van der Waals surface area contributed by atoms with Gasteiger partial charge in [0.25, 0.3) is 0 Å². The van der Waals surface area contributed by atoms with Gasteiger partial charge in [0.1, 0.15) is 0 Å². The highest BCUT2D eigenvalue weighted by Gasteiger charge is 2.43. The second kappa shape index (κ2) is 2.75. The van der Waals surface area contributed by atoms with Crippen LogP contribution >= 0.6 is 0 Å². The molecule has 0 aliphatic carbocycles. The van der Waals surface area contributed by atoms with Crippen LogP contribution < -0.4 is 0 Å². The second-order valence-corrected chi connectivity index (χ2v) is 4.24. The summed E-state index contributed by atoms with van der Waals surface area (Å²) in [5.41, 5.74) is 0. The standard InChI is InChI=1S/C10H17NO/c1-7-8(2)10(12)11-6-4-3-5-9(7)11/h7-9H,3-6H2,1-2H3. The van der Waals surface area contributed by atoms with Crippen molar-refractivity contribution in [2.24, 2.45) is 11.8 Å². The molecular weight excluding hydrogens is 150 g/mol. The van der Waals surface area contributed by atoms with Gasteiger partial charge in [-0.25, -0.2) is 0 Å². The lowest BCUT2D eigenvalue weighted by molar-refractivity contribution is -0.132. The molecule has 0 aromatic carbocycles. The predicted octanol–water partition coefficient (Wildman–Crippen LogP) is 1.65. The van der Waals surface area contributed by atoms with Crippen LogP contribution in [0, 0.1) is 11.8 Å². The molecular formula is C10H17NO. The minimum Gasteiger partial charge on any atom is -0.339 e. The van der Waals surface area contributed by atoms with Crippen LogP contribution in [0.5, 0.6) is 0 Å². The van der Waals surface area contributed by atoms with Crippen molar-refractivity contribution in [1.82, 2.24) is 4.90 Å². The number of amides is 1. The monoisotopic (exact) mass is 167 g/mol. The molecule has 1 amide bonds. The molecule has 2 saturated heterocycles. The fraction of sp³-hybridized carbons (Fsp3) is 0.900. The Kier molecular flexibility index (Phi) is 1.85. The zero-order chi connectivity index (χ0) is 8.72. The van der Waals surface area contributed by atoms with Gasteiger partial charge in [-0.05, 0) is 25.2 Å². The summed E-state index contributed by atoms with van der Waals surface area (Å²) >= 11 is 0. The Morgan fingerprint density at radius 3 is 2.75 bits per heavy atom. The number of piperidine rings is 1. The van der Waals surface area contributed by atoms with Crippen molar-refractivity contribution in [3.05, 3.63) is 0 Å². The maximum atomic E-state index is 11.7. The summed E-state index contributed by atoms with van der Waals surface area (Å²) in [5, 5.41) is 0. The first-order valence-electron chi connectivity index (χ1n) is 5.02. The van der Waals surface area contributed by atoms with Crippen LogP contribution in [0.3, 0.4) is 0 Å². The summed E-state index contributed by atoms with van der Waals surface area (Å²) in [6.07, 6.45) is 3.75. The van der Waals surface area contributed by atoms with Gasteiger partial charge in [-0.2, -0.15) is 0 Å². The van der Waals surface area contributed by atoms with Gasteiger partial charge in [-0.1, -0.05) is 13.8 Å². The zero-order valence-electron chi connectivity index (χ0n) is 7.92. The van der Waals surface area contributed by atoms with E-state index in [1.54, 1.807) is 0 Å². The van der Waals surface area contributed by atoms with Crippen LogP contribution in [-0.2, 0) is 4.79 Å². The first-order chi connectivity index (χ1) is 5.72. The van der Waals surface area contributed by atoms with Crippen molar-refractivity contribution >= 4 is 5.91 Å². The van der Waals surface area contributed by atoms with Crippen molar-refractivity contribution in [3.8, 4) is 0 Å². The molecule has 2 rings (SSSR count). The van der Waals surface area contributed by atoms with E-state index < -0.39 is 0 Å². The first kappa shape index (κ1) is 8.09. The minimum atomic E-state index is 0.271. The average Bonchev–Trinajstić information content (AvgIpc) is 2.33. The largest absolute Gasteiger partial charge is 0.339 e. The topological polar surface area (TPSA) is 20.3 Å². The molecule has 0 radical (unpaired) electrons. The number of hydrogen-bond donors (Lipinski definition) is 0. The fourth-order valence-corrected chi connectivity index (χ4v) is 2.60. The molecule has 2 aliphatic rings. The van der Waals surface area contributed by atoms with E-state index in [1.165, 1.54) is 19.3 Å². The van der Waals surface area contributed by atoms with Gasteiger partial charge >= 0.3 is 0 Å². The first-order valence-corrected chi connectivity index (χ1v) is 5.02. The highest BCUT2D eigenvalue weighted by atomic mass is 16.2. The van der Waals surface area contributed by atoms with Crippen molar-refractivity contribution < 1.29 is 4.79 Å². The zero-order valence-corrected chi connectivity index (χ0v) is 7.92. The summed E-state index contributed by atoms with van der Waals surface area (Å²) in [6, 6.07) is 0.571. The molecule has 0 N–H and O–H groups in total. The van der Waals surface area contributed by atoms with Crippen LogP contribution in [0.4, 0.5) is 0 Å². The van der Waals surface area contributed by atoms with Crippen molar-refractivity contribution in [2.45, 2.75) is 39.2 Å². The van der Waals surface area contributed by atoms with Crippen molar-refractivity contribution in [1.29, 1.82) is 0 Å². The van der Waals surface area contributed by atoms with E-state index >= 15 is 0 Å². The number of hydrogen-bond acceptors (Lipinski definition) is 1. The van der Waals surface area contributed by atoms with Gasteiger partial charge < -0.3 is 4.90 Å². The molecule has 0 saturated carbocycles. The minimum absolute atomic E-state index is 0.271. The Balaban J connectivity index is 2.19. The maximum absolute atomic E-state index is 11.7. The van der Waals surface area contributed by atoms with Crippen molar-refractivity contribution in [2.75, 3.05) is 6.54 Å². The molecule has 2 fully saturated rings. The van der Waals surface area contributed by atoms with Crippen LogP contribution in [0.25, 0.3) is 0 Å². The van der Waals surface area contributed by atoms with E-state index in [2.05, 4.69) is 18.7 Å². The molecule has 3 unspecified atom stereocenters. The van der Waals surface area contributed by atoms with Crippen LogP contribution in [-0.4, -0.2) is 23.4 Å². The Morgan fingerprint density at radius 1 is 1.33 bits per heavy atom. The molecule has 2 aliphatic heterocycles. The van der Waals surface area contributed by atoms with E-state index in [4.69, 9.17) is 0 Å². The van der Waals surface area contributed by atoms with Crippen LogP contribution in [0.1, 0.15) is 33.1 Å². The van der Waals surface area contributed by atoms with Gasteiger partial charge in [-0.3, -0.25) is 4.79 Å². The van der Waals surface area contributed by atoms with E-state index in [1.807, 2.05) is 0 Å². The normalized spacial score (nSPS) is 41.7. The van der Waals surface area contributed by atoms with Gasteiger partial charge in [-0.15, -0.1) is 0 Å². The van der Waals surface area contributed by atoms with Crippen LogP contribution in [0.15, 0.2) is 0 Å². The number of carbonyl (C=O) groups is 1. The molecule has 2 nitrogen and oxygen atoms in total. The van der Waals surface area contributed by atoms with Crippen LogP contribution in [0.2, 0.25) is 0 Å². The molecule has 0 spiro atoms. The molecule has 12 heavy (non-hydrogen) atoms. The molecule has 0 bridgehead atoms. The Morgan fingerprint density at radius 2 is 2.08 bits per heavy atom. The summed E-state index contributed by atoms with van der Waals surface area (Å²) in [6.45, 7) is 5.31. The highest BCUT2D eigenvalue weighted by molar-refractivity contribution is 5.81. The number of carbonyl (C=O) groups excluding carboxylic acids is 1. The predicted molar refractivity (Wildman–Crippen MR) is 47.7 cm³/mol. The third-order valence-corrected chi connectivity index (χ3v) is 3.62. The smallest absolute Gasteiger partial charge is 0.226 e. The highest BCUT2D eigenvalue weighted by Crippen LogP contribution is 2.35. The summed E-state index contributed by atoms with van der Waals surface area (Å²) in [7, 11) is 0. The lowest BCUT2D eigenvalue weighted by Gasteiger charge is -2.31. The van der Waals surface area contributed by atoms with E-state index in [0.717, 1.165) is 6.54 Å². The van der Waals surface area contributed by atoms with Gasteiger partial charge in [0.05, 0.1) is 0 Å². The van der Waals surface area contributed by atoms with E-state index in [9.17, 15) is 4.79 Å². The quantitative estimate of drug-likeness (QED) is 0.537. The van der Waals surface area contributed by atoms with Gasteiger partial charge in [0.15, 0.2) is 0 Å². The SMILES string of the molecule is CC1C(=O)N2CCCCC2C1C. The third-order valence-electron chi connectivity index (χ3n) is 3.62. The third kappa shape index (κ3) is 0.970. The average molecular weight is 167 g/mol. The Hall–Kier alpha value is -0.530. The van der Waals surface area contributed by atoms with E-state index in [-0.39, 0.29) is 5.92 Å². The number of rotatable bonds is 0. The number of nitrogens with zero attached hydrogens (tertiary/aromatic N) is 1. The lowest BCUT2D eigenvalue weighted by atomic mass is 9.90. The van der Waals surface area contributed by atoms with Gasteiger partial charge in [0, 0.05) is 18.5 Å².